The molecule has 1 aliphatic heterocycles. The third-order valence-electron chi connectivity index (χ3n) is 6.31. The van der Waals surface area contributed by atoms with E-state index in [1.54, 1.807) is 56.3 Å². The van der Waals surface area contributed by atoms with Crippen molar-refractivity contribution in [3.63, 3.8) is 0 Å². The van der Waals surface area contributed by atoms with Crippen LogP contribution in [0.2, 0.25) is 0 Å². The van der Waals surface area contributed by atoms with Gasteiger partial charge in [0.05, 0.1) is 31.5 Å². The summed E-state index contributed by atoms with van der Waals surface area (Å²) < 4.78 is 36.7. The molecule has 1 atom stereocenters. The van der Waals surface area contributed by atoms with Crippen LogP contribution >= 0.6 is 34.8 Å². The van der Waals surface area contributed by atoms with Crippen LogP contribution in [-0.4, -0.2) is 43.5 Å². The summed E-state index contributed by atoms with van der Waals surface area (Å²) in [5, 5.41) is 10.5. The molecular weight excluding hydrogens is 702 g/mol. The van der Waals surface area contributed by atoms with Gasteiger partial charge in [0.1, 0.15) is 18.2 Å². The number of carbonyl (C=O) groups excluding carboxylic acids is 2. The van der Waals surface area contributed by atoms with Crippen molar-refractivity contribution in [1.82, 2.24) is 16.1 Å². The maximum atomic E-state index is 13.3. The van der Waals surface area contributed by atoms with Crippen molar-refractivity contribution >= 4 is 58.0 Å². The van der Waals surface area contributed by atoms with Gasteiger partial charge in [0.25, 0.3) is 5.91 Å². The zero-order chi connectivity index (χ0) is 31.6. The van der Waals surface area contributed by atoms with Gasteiger partial charge in [-0.05, 0) is 84.6 Å². The Kier molecular flexibility index (Phi) is 11.5. The molecule has 0 fully saturated rings. The summed E-state index contributed by atoms with van der Waals surface area (Å²) in [4.78, 5) is 25.5. The molecule has 0 saturated heterocycles. The number of methoxy groups -OCH3 is 1. The van der Waals surface area contributed by atoms with Gasteiger partial charge in [0.15, 0.2) is 23.2 Å². The molecule has 230 valence electrons. The second kappa shape index (κ2) is 15.5. The molecule has 10 nitrogen and oxygen atoms in total. The van der Waals surface area contributed by atoms with Gasteiger partial charge in [0, 0.05) is 20.4 Å². The van der Waals surface area contributed by atoms with E-state index < -0.39 is 17.9 Å². The Morgan fingerprint density at radius 3 is 2.59 bits per heavy atom. The van der Waals surface area contributed by atoms with Gasteiger partial charge < -0.3 is 29.6 Å². The lowest BCUT2D eigenvalue weighted by Gasteiger charge is -2.30. The number of amides is 1. The molecular formula is C31H30FIN4O6S. The highest BCUT2D eigenvalue weighted by atomic mass is 127. The summed E-state index contributed by atoms with van der Waals surface area (Å²) in [5.41, 5.74) is 5.30. The smallest absolute Gasteiger partial charge is 0.338 e. The number of allylic oxidation sites excluding steroid dienone is 1. The summed E-state index contributed by atoms with van der Waals surface area (Å²) in [5.74, 6) is -0.0850. The number of rotatable bonds is 12. The first kappa shape index (κ1) is 32.7. The highest BCUT2D eigenvalue weighted by molar-refractivity contribution is 14.1. The molecule has 1 amide bonds. The molecule has 1 heterocycles. The number of ether oxygens (including phenoxy) is 4. The lowest BCUT2D eigenvalue weighted by molar-refractivity contribution is -0.139. The zero-order valence-corrected chi connectivity index (χ0v) is 27.1. The summed E-state index contributed by atoms with van der Waals surface area (Å²) >= 11 is 7.46. The van der Waals surface area contributed by atoms with Gasteiger partial charge in [-0.1, -0.05) is 30.3 Å². The Morgan fingerprint density at radius 2 is 1.86 bits per heavy atom. The molecule has 0 saturated carbocycles. The van der Waals surface area contributed by atoms with E-state index in [4.69, 9.17) is 31.2 Å². The van der Waals surface area contributed by atoms with Crippen LogP contribution in [0.15, 0.2) is 77.0 Å². The van der Waals surface area contributed by atoms with E-state index in [1.807, 2.05) is 6.07 Å². The van der Waals surface area contributed by atoms with Crippen LogP contribution in [0.3, 0.4) is 0 Å². The first-order valence-corrected chi connectivity index (χ1v) is 14.9. The second-order valence-corrected chi connectivity index (χ2v) is 11.0. The van der Waals surface area contributed by atoms with Gasteiger partial charge in [-0.25, -0.2) is 14.6 Å². The molecule has 3 aromatic carbocycles. The Hall–Kier alpha value is -4.24. The van der Waals surface area contributed by atoms with Gasteiger partial charge >= 0.3 is 5.97 Å². The molecule has 0 bridgehead atoms. The Morgan fingerprint density at radius 1 is 1.11 bits per heavy atom. The van der Waals surface area contributed by atoms with Crippen molar-refractivity contribution in [3.8, 4) is 17.2 Å². The number of hydrazone groups is 1. The largest absolute Gasteiger partial charge is 0.493 e. The SMILES string of the molecule is CCOC(=O)C1=C(C)NC(=S)N[C@@H]1c1ccccc1OCC(=O)NN=Cc1cc(I)cc(OC)c1OCc1ccc(F)cc1. The number of esters is 1. The monoisotopic (exact) mass is 732 g/mol. The van der Waals surface area contributed by atoms with Crippen LogP contribution in [0.1, 0.15) is 36.6 Å². The maximum absolute atomic E-state index is 13.3. The van der Waals surface area contributed by atoms with E-state index in [0.717, 1.165) is 9.13 Å². The van der Waals surface area contributed by atoms with Crippen molar-refractivity contribution in [2.45, 2.75) is 26.5 Å². The number of hydrogen-bond donors (Lipinski definition) is 3. The van der Waals surface area contributed by atoms with E-state index >= 15 is 0 Å². The molecule has 3 aromatic rings. The van der Waals surface area contributed by atoms with Crippen LogP contribution in [-0.2, 0) is 20.9 Å². The summed E-state index contributed by atoms with van der Waals surface area (Å²) in [6, 6.07) is 16.0. The molecule has 13 heteroatoms. The lowest BCUT2D eigenvalue weighted by atomic mass is 9.95. The fraction of sp³-hybridized carbons (Fsp3) is 0.226. The molecule has 0 unspecified atom stereocenters. The van der Waals surface area contributed by atoms with E-state index in [2.05, 4.69) is 43.8 Å². The zero-order valence-electron chi connectivity index (χ0n) is 24.1. The third-order valence-corrected chi connectivity index (χ3v) is 7.15. The minimum absolute atomic E-state index is 0.168. The number of para-hydroxylation sites is 1. The fourth-order valence-corrected chi connectivity index (χ4v) is 5.22. The summed E-state index contributed by atoms with van der Waals surface area (Å²) in [6.45, 7) is 3.49. The van der Waals surface area contributed by atoms with Gasteiger partial charge in [-0.3, -0.25) is 4.79 Å². The summed E-state index contributed by atoms with van der Waals surface area (Å²) in [6.07, 6.45) is 1.44. The number of nitrogens with one attached hydrogen (secondary N) is 3. The standard InChI is InChI=1S/C31H30FIN4O6S/c1-4-41-30(39)27-18(2)35-31(44)36-28(27)23-7-5-6-8-24(23)42-17-26(38)37-34-15-20-13-22(33)14-25(40-3)29(20)43-16-19-9-11-21(32)12-10-19/h5-15,28H,4,16-17H2,1-3H3,(H,37,38)(H2,35,36,44)/t28-/m1/s1. The predicted molar refractivity (Wildman–Crippen MR) is 175 cm³/mol. The molecule has 3 N–H and O–H groups in total. The van der Waals surface area contributed by atoms with Crippen LogP contribution < -0.4 is 30.3 Å². The highest BCUT2D eigenvalue weighted by Gasteiger charge is 2.32. The Balaban J connectivity index is 1.45. The topological polar surface area (TPSA) is 120 Å². The molecule has 4 rings (SSSR count). The van der Waals surface area contributed by atoms with Crippen molar-refractivity contribution in [2.24, 2.45) is 5.10 Å². The average molecular weight is 733 g/mol. The molecule has 44 heavy (non-hydrogen) atoms. The maximum Gasteiger partial charge on any atom is 0.338 e. The number of hydrogen-bond acceptors (Lipinski definition) is 8. The fourth-order valence-electron chi connectivity index (χ4n) is 4.33. The summed E-state index contributed by atoms with van der Waals surface area (Å²) in [7, 11) is 1.52. The molecule has 0 aromatic heterocycles. The van der Waals surface area contributed by atoms with E-state index in [1.165, 1.54) is 25.5 Å². The predicted octanol–water partition coefficient (Wildman–Crippen LogP) is 4.90. The molecule has 0 aliphatic carbocycles. The lowest BCUT2D eigenvalue weighted by Crippen LogP contribution is -2.45. The van der Waals surface area contributed by atoms with Crippen molar-refractivity contribution in [3.05, 3.63) is 98.0 Å². The number of nitrogens with zero attached hydrogens (tertiary/aromatic N) is 1. The minimum atomic E-state index is -0.649. The van der Waals surface area contributed by atoms with Crippen molar-refractivity contribution in [2.75, 3.05) is 20.3 Å². The minimum Gasteiger partial charge on any atom is -0.493 e. The number of benzene rings is 3. The molecule has 0 spiro atoms. The van der Waals surface area contributed by atoms with Gasteiger partial charge in [-0.2, -0.15) is 5.10 Å². The third kappa shape index (κ3) is 8.44. The van der Waals surface area contributed by atoms with Gasteiger partial charge in [-0.15, -0.1) is 0 Å². The normalized spacial score (nSPS) is 14.5. The number of halogens is 2. The average Bonchev–Trinajstić information content (AvgIpc) is 3.00. The van der Waals surface area contributed by atoms with E-state index in [-0.39, 0.29) is 25.6 Å². The van der Waals surface area contributed by atoms with Crippen LogP contribution in [0.5, 0.6) is 17.2 Å². The number of thiocarbonyl (C=S) groups is 1. The first-order valence-electron chi connectivity index (χ1n) is 13.4. The first-order chi connectivity index (χ1) is 21.2. The van der Waals surface area contributed by atoms with Crippen LogP contribution in [0, 0.1) is 9.39 Å². The Labute approximate surface area is 273 Å². The number of carbonyl (C=O) groups is 2. The van der Waals surface area contributed by atoms with Crippen molar-refractivity contribution < 1.29 is 32.9 Å². The van der Waals surface area contributed by atoms with Gasteiger partial charge in [0.2, 0.25) is 0 Å². The van der Waals surface area contributed by atoms with Crippen LogP contribution in [0.4, 0.5) is 4.39 Å². The second-order valence-electron chi connectivity index (χ2n) is 9.35. The highest BCUT2D eigenvalue weighted by Crippen LogP contribution is 2.34. The van der Waals surface area contributed by atoms with Crippen LogP contribution in [0.25, 0.3) is 0 Å². The quantitative estimate of drug-likeness (QED) is 0.0786. The van der Waals surface area contributed by atoms with E-state index in [0.29, 0.717) is 44.8 Å². The van der Waals surface area contributed by atoms with Crippen molar-refractivity contribution in [1.29, 1.82) is 0 Å². The molecule has 1 aliphatic rings. The molecule has 0 radical (unpaired) electrons. The van der Waals surface area contributed by atoms with E-state index in [9.17, 15) is 14.0 Å². The Bertz CT molecular complexity index is 1600.